The van der Waals surface area contributed by atoms with E-state index in [9.17, 15) is 0 Å². The molecular weight excluding hydrogens is 248 g/mol. The molecule has 0 radical (unpaired) electrons. The van der Waals surface area contributed by atoms with Crippen molar-refractivity contribution in [3.63, 3.8) is 0 Å². The van der Waals surface area contributed by atoms with Crippen LogP contribution in [0, 0.1) is 6.92 Å². The lowest BCUT2D eigenvalue weighted by molar-refractivity contribution is 0.616. The molecular formula is C16H26N4. The molecule has 0 spiro atoms. The van der Waals surface area contributed by atoms with Gasteiger partial charge in [-0.1, -0.05) is 25.7 Å². The van der Waals surface area contributed by atoms with Crippen LogP contribution in [0.1, 0.15) is 68.7 Å². The van der Waals surface area contributed by atoms with Gasteiger partial charge in [-0.3, -0.25) is 0 Å². The zero-order valence-electron chi connectivity index (χ0n) is 12.7. The van der Waals surface area contributed by atoms with Crippen LogP contribution in [0.15, 0.2) is 0 Å². The van der Waals surface area contributed by atoms with Gasteiger partial charge >= 0.3 is 0 Å². The summed E-state index contributed by atoms with van der Waals surface area (Å²) in [4.78, 5) is 9.47. The molecule has 0 atom stereocenters. The van der Waals surface area contributed by atoms with E-state index in [4.69, 9.17) is 4.98 Å². The highest BCUT2D eigenvalue weighted by Gasteiger charge is 2.28. The number of aromatic nitrogens is 2. The first kappa shape index (κ1) is 13.7. The SMILES string of the molecule is CNc1nc(C2CC2)nc(NC2CCCCCC2)c1C. The Morgan fingerprint density at radius 1 is 0.900 bits per heavy atom. The van der Waals surface area contributed by atoms with Crippen LogP contribution in [0.2, 0.25) is 0 Å². The van der Waals surface area contributed by atoms with Crippen molar-refractivity contribution in [1.29, 1.82) is 0 Å². The van der Waals surface area contributed by atoms with Crippen molar-refractivity contribution in [2.24, 2.45) is 0 Å². The lowest BCUT2D eigenvalue weighted by atomic mass is 10.1. The normalized spacial score (nSPS) is 20.5. The predicted octanol–water partition coefficient (Wildman–Crippen LogP) is 3.84. The summed E-state index contributed by atoms with van der Waals surface area (Å²) >= 11 is 0. The molecule has 2 fully saturated rings. The molecule has 0 bridgehead atoms. The molecule has 0 aliphatic heterocycles. The van der Waals surface area contributed by atoms with Gasteiger partial charge in [0.25, 0.3) is 0 Å². The summed E-state index contributed by atoms with van der Waals surface area (Å²) in [7, 11) is 1.95. The van der Waals surface area contributed by atoms with E-state index in [1.54, 1.807) is 0 Å². The standard InChI is InChI=1S/C16H26N4/c1-11-14(17-2)19-16(12-9-10-12)20-15(11)18-13-7-5-3-4-6-8-13/h12-13H,3-10H2,1-2H3,(H2,17,18,19,20). The Labute approximate surface area is 121 Å². The maximum absolute atomic E-state index is 4.81. The monoisotopic (exact) mass is 274 g/mol. The minimum atomic E-state index is 0.586. The van der Waals surface area contributed by atoms with Crippen molar-refractivity contribution in [1.82, 2.24) is 9.97 Å². The summed E-state index contributed by atoms with van der Waals surface area (Å²) in [5, 5.41) is 6.91. The number of hydrogen-bond acceptors (Lipinski definition) is 4. The van der Waals surface area contributed by atoms with Gasteiger partial charge in [0, 0.05) is 24.6 Å². The largest absolute Gasteiger partial charge is 0.373 e. The number of anilines is 2. The van der Waals surface area contributed by atoms with Crippen molar-refractivity contribution >= 4 is 11.6 Å². The van der Waals surface area contributed by atoms with Gasteiger partial charge in [-0.25, -0.2) is 9.97 Å². The van der Waals surface area contributed by atoms with Gasteiger partial charge in [0.15, 0.2) is 0 Å². The van der Waals surface area contributed by atoms with Crippen LogP contribution < -0.4 is 10.6 Å². The van der Waals surface area contributed by atoms with E-state index in [-0.39, 0.29) is 0 Å². The molecule has 20 heavy (non-hydrogen) atoms. The fourth-order valence-electron chi connectivity index (χ4n) is 3.06. The second-order valence-corrected chi connectivity index (χ2v) is 6.26. The second kappa shape index (κ2) is 5.98. The average Bonchev–Trinajstić information content (AvgIpc) is 3.27. The molecule has 110 valence electrons. The van der Waals surface area contributed by atoms with E-state index in [1.807, 2.05) is 7.05 Å². The molecule has 0 amide bonds. The van der Waals surface area contributed by atoms with Crippen LogP contribution in [0.3, 0.4) is 0 Å². The van der Waals surface area contributed by atoms with Gasteiger partial charge in [0.1, 0.15) is 17.5 Å². The highest BCUT2D eigenvalue weighted by Crippen LogP contribution is 2.39. The van der Waals surface area contributed by atoms with Gasteiger partial charge < -0.3 is 10.6 Å². The summed E-state index contributed by atoms with van der Waals surface area (Å²) in [5.74, 6) is 3.66. The van der Waals surface area contributed by atoms with Gasteiger partial charge in [-0.05, 0) is 32.6 Å². The summed E-state index contributed by atoms with van der Waals surface area (Å²) in [6.45, 7) is 2.11. The van der Waals surface area contributed by atoms with Gasteiger partial charge in [-0.15, -0.1) is 0 Å². The van der Waals surface area contributed by atoms with Crippen molar-refractivity contribution in [2.75, 3.05) is 17.7 Å². The highest BCUT2D eigenvalue weighted by atomic mass is 15.1. The number of rotatable bonds is 4. The Hall–Kier alpha value is -1.32. The van der Waals surface area contributed by atoms with Gasteiger partial charge in [-0.2, -0.15) is 0 Å². The van der Waals surface area contributed by atoms with Crippen LogP contribution in [-0.4, -0.2) is 23.1 Å². The van der Waals surface area contributed by atoms with E-state index in [0.717, 1.165) is 23.0 Å². The molecule has 1 heterocycles. The zero-order chi connectivity index (χ0) is 13.9. The minimum absolute atomic E-state index is 0.586. The number of nitrogens with one attached hydrogen (secondary N) is 2. The van der Waals surface area contributed by atoms with Crippen molar-refractivity contribution in [3.8, 4) is 0 Å². The third-order valence-corrected chi connectivity index (χ3v) is 4.54. The first-order chi connectivity index (χ1) is 9.78. The average molecular weight is 274 g/mol. The molecule has 2 aliphatic carbocycles. The molecule has 3 rings (SSSR count). The zero-order valence-corrected chi connectivity index (χ0v) is 12.7. The Bertz CT molecular complexity index is 460. The van der Waals surface area contributed by atoms with Crippen LogP contribution in [0.4, 0.5) is 11.6 Å². The molecule has 1 aromatic rings. The van der Waals surface area contributed by atoms with E-state index in [1.165, 1.54) is 51.4 Å². The Kier molecular flexibility index (Phi) is 4.08. The minimum Gasteiger partial charge on any atom is -0.373 e. The predicted molar refractivity (Wildman–Crippen MR) is 83.4 cm³/mol. The molecule has 0 aromatic carbocycles. The smallest absolute Gasteiger partial charge is 0.136 e. The van der Waals surface area contributed by atoms with Gasteiger partial charge in [0.2, 0.25) is 0 Å². The third-order valence-electron chi connectivity index (χ3n) is 4.54. The first-order valence-corrected chi connectivity index (χ1v) is 8.10. The molecule has 4 heteroatoms. The third kappa shape index (κ3) is 3.05. The van der Waals surface area contributed by atoms with E-state index in [2.05, 4.69) is 22.5 Å². The summed E-state index contributed by atoms with van der Waals surface area (Å²) in [6.07, 6.45) is 10.5. The molecule has 4 nitrogen and oxygen atoms in total. The van der Waals surface area contributed by atoms with Crippen molar-refractivity contribution in [2.45, 2.75) is 70.3 Å². The van der Waals surface area contributed by atoms with Crippen molar-refractivity contribution < 1.29 is 0 Å². The Morgan fingerprint density at radius 3 is 2.15 bits per heavy atom. The number of nitrogens with zero attached hydrogens (tertiary/aromatic N) is 2. The Balaban J connectivity index is 1.81. The number of hydrogen-bond donors (Lipinski definition) is 2. The van der Waals surface area contributed by atoms with Crippen LogP contribution in [0.5, 0.6) is 0 Å². The lowest BCUT2D eigenvalue weighted by Gasteiger charge is -2.20. The van der Waals surface area contributed by atoms with Crippen LogP contribution in [-0.2, 0) is 0 Å². The quantitative estimate of drug-likeness (QED) is 0.819. The highest BCUT2D eigenvalue weighted by molar-refractivity contribution is 5.57. The van der Waals surface area contributed by atoms with Gasteiger partial charge in [0.05, 0.1) is 0 Å². The maximum atomic E-state index is 4.81. The van der Waals surface area contributed by atoms with Crippen LogP contribution in [0.25, 0.3) is 0 Å². The first-order valence-electron chi connectivity index (χ1n) is 8.10. The summed E-state index contributed by atoms with van der Waals surface area (Å²) in [6, 6.07) is 0.586. The maximum Gasteiger partial charge on any atom is 0.136 e. The molecule has 2 saturated carbocycles. The Morgan fingerprint density at radius 2 is 1.55 bits per heavy atom. The van der Waals surface area contributed by atoms with Crippen LogP contribution >= 0.6 is 0 Å². The molecule has 0 unspecified atom stereocenters. The molecule has 0 saturated heterocycles. The molecule has 1 aromatic heterocycles. The van der Waals surface area contributed by atoms with E-state index in [0.29, 0.717) is 12.0 Å². The summed E-state index contributed by atoms with van der Waals surface area (Å²) in [5.41, 5.74) is 1.15. The molecule has 2 aliphatic rings. The van der Waals surface area contributed by atoms with E-state index >= 15 is 0 Å². The summed E-state index contributed by atoms with van der Waals surface area (Å²) < 4.78 is 0. The fourth-order valence-corrected chi connectivity index (χ4v) is 3.06. The van der Waals surface area contributed by atoms with Crippen molar-refractivity contribution in [3.05, 3.63) is 11.4 Å². The second-order valence-electron chi connectivity index (χ2n) is 6.26. The molecule has 2 N–H and O–H groups in total. The topological polar surface area (TPSA) is 49.8 Å². The fraction of sp³-hybridized carbons (Fsp3) is 0.750. The lowest BCUT2D eigenvalue weighted by Crippen LogP contribution is -2.21. The van der Waals surface area contributed by atoms with E-state index < -0.39 is 0 Å².